The van der Waals surface area contributed by atoms with Crippen molar-refractivity contribution in [1.29, 1.82) is 0 Å². The number of hydrogen-bond donors (Lipinski definition) is 1. The summed E-state index contributed by atoms with van der Waals surface area (Å²) in [5.74, 6) is 1.19. The van der Waals surface area contributed by atoms with E-state index in [0.29, 0.717) is 25.6 Å². The predicted molar refractivity (Wildman–Crippen MR) is 85.4 cm³/mol. The van der Waals surface area contributed by atoms with Crippen LogP contribution >= 0.6 is 0 Å². The zero-order chi connectivity index (χ0) is 16.1. The molecule has 3 rings (SSSR count). The van der Waals surface area contributed by atoms with Gasteiger partial charge in [0.15, 0.2) is 0 Å². The Labute approximate surface area is 134 Å². The normalized spacial score (nSPS) is 15.4. The standard InChI is InChI=1S/C17H19N3O3/c21-16-7-6-15(18-19-16)17(22)20-10-8-13(9-11-20)12-23-14-4-2-1-3-5-14/h1-7,13H,8-12H2,(H,19,21). The van der Waals surface area contributed by atoms with Crippen LogP contribution in [-0.4, -0.2) is 40.7 Å². The van der Waals surface area contributed by atoms with Crippen LogP contribution in [0.2, 0.25) is 0 Å². The summed E-state index contributed by atoms with van der Waals surface area (Å²) in [6.07, 6.45) is 1.81. The molecule has 0 aliphatic carbocycles. The summed E-state index contributed by atoms with van der Waals surface area (Å²) < 4.78 is 5.78. The molecule has 0 spiro atoms. The molecule has 2 heterocycles. The third kappa shape index (κ3) is 3.97. The summed E-state index contributed by atoms with van der Waals surface area (Å²) in [6, 6.07) is 12.5. The minimum atomic E-state index is -0.307. The number of amides is 1. The second-order valence-corrected chi connectivity index (χ2v) is 5.67. The molecule has 0 unspecified atom stereocenters. The lowest BCUT2D eigenvalue weighted by Gasteiger charge is -2.31. The first-order valence-electron chi connectivity index (χ1n) is 7.75. The van der Waals surface area contributed by atoms with Crippen LogP contribution in [0, 0.1) is 5.92 Å². The van der Waals surface area contributed by atoms with Gasteiger partial charge in [-0.25, -0.2) is 5.10 Å². The third-order valence-electron chi connectivity index (χ3n) is 4.03. The molecule has 1 N–H and O–H groups in total. The number of ether oxygens (including phenoxy) is 1. The molecule has 1 aromatic carbocycles. The fourth-order valence-electron chi connectivity index (χ4n) is 2.66. The van der Waals surface area contributed by atoms with E-state index in [0.717, 1.165) is 18.6 Å². The molecule has 23 heavy (non-hydrogen) atoms. The first-order valence-corrected chi connectivity index (χ1v) is 7.75. The minimum absolute atomic E-state index is 0.135. The molecule has 6 heteroatoms. The molecule has 1 aliphatic rings. The fraction of sp³-hybridized carbons (Fsp3) is 0.353. The largest absolute Gasteiger partial charge is 0.493 e. The van der Waals surface area contributed by atoms with Gasteiger partial charge in [-0.05, 0) is 37.0 Å². The zero-order valence-corrected chi connectivity index (χ0v) is 12.8. The van der Waals surface area contributed by atoms with E-state index in [2.05, 4.69) is 10.2 Å². The number of aromatic nitrogens is 2. The lowest BCUT2D eigenvalue weighted by molar-refractivity contribution is 0.0654. The van der Waals surface area contributed by atoms with Crippen LogP contribution < -0.4 is 10.3 Å². The van der Waals surface area contributed by atoms with E-state index in [9.17, 15) is 9.59 Å². The van der Waals surface area contributed by atoms with Crippen LogP contribution in [0.1, 0.15) is 23.3 Å². The third-order valence-corrected chi connectivity index (χ3v) is 4.03. The summed E-state index contributed by atoms with van der Waals surface area (Å²) in [4.78, 5) is 25.1. The number of likely N-dealkylation sites (tertiary alicyclic amines) is 1. The van der Waals surface area contributed by atoms with Crippen LogP contribution in [0.4, 0.5) is 0 Å². The number of para-hydroxylation sites is 1. The van der Waals surface area contributed by atoms with Gasteiger partial charge in [-0.3, -0.25) is 9.59 Å². The van der Waals surface area contributed by atoms with Gasteiger partial charge in [0.2, 0.25) is 0 Å². The number of aromatic amines is 1. The Kier molecular flexibility index (Phi) is 4.71. The average Bonchev–Trinajstić information content (AvgIpc) is 2.61. The first-order chi connectivity index (χ1) is 11.2. The minimum Gasteiger partial charge on any atom is -0.493 e. The van der Waals surface area contributed by atoms with Crippen molar-refractivity contribution in [2.24, 2.45) is 5.92 Å². The molecule has 6 nitrogen and oxygen atoms in total. The summed E-state index contributed by atoms with van der Waals surface area (Å²) in [6.45, 7) is 2.04. The number of benzene rings is 1. The number of carbonyl (C=O) groups is 1. The lowest BCUT2D eigenvalue weighted by Crippen LogP contribution is -2.40. The predicted octanol–water partition coefficient (Wildman–Crippen LogP) is 1.70. The lowest BCUT2D eigenvalue weighted by atomic mass is 9.97. The van der Waals surface area contributed by atoms with Crippen molar-refractivity contribution in [3.05, 3.63) is 58.5 Å². The van der Waals surface area contributed by atoms with Gasteiger partial charge >= 0.3 is 0 Å². The van der Waals surface area contributed by atoms with Crippen LogP contribution in [0.15, 0.2) is 47.3 Å². The molecule has 0 atom stereocenters. The maximum atomic E-state index is 12.3. The van der Waals surface area contributed by atoms with E-state index in [1.165, 1.54) is 12.1 Å². The zero-order valence-electron chi connectivity index (χ0n) is 12.8. The molecule has 1 aromatic heterocycles. The molecule has 1 amide bonds. The van der Waals surface area contributed by atoms with E-state index in [-0.39, 0.29) is 17.2 Å². The second-order valence-electron chi connectivity index (χ2n) is 5.67. The monoisotopic (exact) mass is 313 g/mol. The Bertz CT molecular complexity index is 686. The van der Waals surface area contributed by atoms with Crippen molar-refractivity contribution in [2.75, 3.05) is 19.7 Å². The molecular formula is C17H19N3O3. The van der Waals surface area contributed by atoms with Crippen LogP contribution in [0.3, 0.4) is 0 Å². The summed E-state index contributed by atoms with van der Waals surface area (Å²) in [7, 11) is 0. The van der Waals surface area contributed by atoms with Gasteiger partial charge in [-0.2, -0.15) is 5.10 Å². The highest BCUT2D eigenvalue weighted by molar-refractivity contribution is 5.92. The molecule has 1 aliphatic heterocycles. The summed E-state index contributed by atoms with van der Waals surface area (Å²) in [5, 5.41) is 6.09. The van der Waals surface area contributed by atoms with E-state index in [4.69, 9.17) is 4.74 Å². The first kappa shape index (κ1) is 15.3. The van der Waals surface area contributed by atoms with Gasteiger partial charge in [0.1, 0.15) is 11.4 Å². The van der Waals surface area contributed by atoms with Crippen LogP contribution in [0.25, 0.3) is 0 Å². The van der Waals surface area contributed by atoms with Gasteiger partial charge in [0.25, 0.3) is 11.5 Å². The maximum Gasteiger partial charge on any atom is 0.274 e. The van der Waals surface area contributed by atoms with Gasteiger partial charge in [-0.15, -0.1) is 0 Å². The average molecular weight is 313 g/mol. The Balaban J connectivity index is 1.49. The van der Waals surface area contributed by atoms with Crippen molar-refractivity contribution < 1.29 is 9.53 Å². The Hall–Kier alpha value is -2.63. The smallest absolute Gasteiger partial charge is 0.274 e. The highest BCUT2D eigenvalue weighted by atomic mass is 16.5. The van der Waals surface area contributed by atoms with E-state index in [1.54, 1.807) is 4.90 Å². The molecule has 1 saturated heterocycles. The molecule has 1 fully saturated rings. The van der Waals surface area contributed by atoms with Crippen LogP contribution in [0.5, 0.6) is 5.75 Å². The van der Waals surface area contributed by atoms with Crippen molar-refractivity contribution in [2.45, 2.75) is 12.8 Å². The number of nitrogens with zero attached hydrogens (tertiary/aromatic N) is 2. The SMILES string of the molecule is O=C(c1ccc(=O)[nH]n1)N1CCC(COc2ccccc2)CC1. The number of nitrogens with one attached hydrogen (secondary N) is 1. The Morgan fingerprint density at radius 2 is 1.91 bits per heavy atom. The molecule has 0 saturated carbocycles. The number of H-pyrrole nitrogens is 1. The van der Waals surface area contributed by atoms with Crippen molar-refractivity contribution in [3.8, 4) is 5.75 Å². The molecular weight excluding hydrogens is 294 g/mol. The van der Waals surface area contributed by atoms with Gasteiger partial charge in [0, 0.05) is 19.2 Å². The molecule has 120 valence electrons. The number of carbonyl (C=O) groups excluding carboxylic acids is 1. The highest BCUT2D eigenvalue weighted by Gasteiger charge is 2.24. The maximum absolute atomic E-state index is 12.3. The van der Waals surface area contributed by atoms with E-state index >= 15 is 0 Å². The van der Waals surface area contributed by atoms with Gasteiger partial charge < -0.3 is 9.64 Å². The van der Waals surface area contributed by atoms with Crippen molar-refractivity contribution >= 4 is 5.91 Å². The van der Waals surface area contributed by atoms with Gasteiger partial charge in [0.05, 0.1) is 6.61 Å². The second kappa shape index (κ2) is 7.09. The van der Waals surface area contributed by atoms with Crippen LogP contribution in [-0.2, 0) is 0 Å². The summed E-state index contributed by atoms with van der Waals surface area (Å²) in [5.41, 5.74) is -0.0260. The Morgan fingerprint density at radius 3 is 2.57 bits per heavy atom. The molecule has 2 aromatic rings. The summed E-state index contributed by atoms with van der Waals surface area (Å²) >= 11 is 0. The number of piperidine rings is 1. The quantitative estimate of drug-likeness (QED) is 0.932. The van der Waals surface area contributed by atoms with Gasteiger partial charge in [-0.1, -0.05) is 18.2 Å². The van der Waals surface area contributed by atoms with E-state index < -0.39 is 0 Å². The number of hydrogen-bond acceptors (Lipinski definition) is 4. The Morgan fingerprint density at radius 1 is 1.17 bits per heavy atom. The fourth-order valence-corrected chi connectivity index (χ4v) is 2.66. The topological polar surface area (TPSA) is 75.3 Å². The van der Waals surface area contributed by atoms with Crippen molar-refractivity contribution in [3.63, 3.8) is 0 Å². The molecule has 0 bridgehead atoms. The van der Waals surface area contributed by atoms with Crippen molar-refractivity contribution in [1.82, 2.24) is 15.1 Å². The number of rotatable bonds is 4. The van der Waals surface area contributed by atoms with E-state index in [1.807, 2.05) is 30.3 Å². The highest BCUT2D eigenvalue weighted by Crippen LogP contribution is 2.20. The molecule has 0 radical (unpaired) electrons.